The Bertz CT molecular complexity index is 1570. The van der Waals surface area contributed by atoms with E-state index in [1.807, 2.05) is 36.4 Å². The van der Waals surface area contributed by atoms with Crippen LogP contribution in [0.1, 0.15) is 148 Å². The Hall–Kier alpha value is -4.58. The maximum absolute atomic E-state index is 12.4. The molecule has 0 unspecified atom stereocenters. The molecule has 0 radical (unpaired) electrons. The van der Waals surface area contributed by atoms with Crippen LogP contribution < -0.4 is 9.47 Å². The van der Waals surface area contributed by atoms with Crippen LogP contribution in [0.3, 0.4) is 0 Å². The Morgan fingerprint density at radius 3 is 1.10 bits per heavy atom. The number of rotatable bonds is 24. The predicted molar refractivity (Wildman–Crippen MR) is 212 cm³/mol. The van der Waals surface area contributed by atoms with E-state index in [1.54, 1.807) is 48.5 Å². The summed E-state index contributed by atoms with van der Waals surface area (Å²) < 4.78 is 11.4. The van der Waals surface area contributed by atoms with E-state index in [2.05, 4.69) is 13.8 Å². The van der Waals surface area contributed by atoms with E-state index in [0.29, 0.717) is 47.0 Å². The van der Waals surface area contributed by atoms with Crippen molar-refractivity contribution in [2.75, 3.05) is 13.2 Å². The average Bonchev–Trinajstić information content (AvgIpc) is 3.17. The molecule has 0 aliphatic heterocycles. The van der Waals surface area contributed by atoms with Crippen LogP contribution in [0.4, 0.5) is 0 Å². The number of carbonyl (C=O) groups is 2. The van der Waals surface area contributed by atoms with Crippen molar-refractivity contribution in [3.05, 3.63) is 119 Å². The normalized spacial score (nSPS) is 10.7. The van der Waals surface area contributed by atoms with Crippen molar-refractivity contribution in [2.45, 2.75) is 117 Å². The second kappa shape index (κ2) is 25.4. The van der Waals surface area contributed by atoms with Crippen LogP contribution in [0, 0.1) is 0 Å². The fourth-order valence-corrected chi connectivity index (χ4v) is 5.93. The zero-order valence-electron chi connectivity index (χ0n) is 31.5. The Kier molecular flexibility index (Phi) is 20.4. The lowest BCUT2D eigenvalue weighted by atomic mass is 10.0. The highest BCUT2D eigenvalue weighted by atomic mass is 16.5. The molecule has 0 spiro atoms. The summed E-state index contributed by atoms with van der Waals surface area (Å²) in [5, 5.41) is 20.3. The highest BCUT2D eigenvalue weighted by Crippen LogP contribution is 2.27. The van der Waals surface area contributed by atoms with Crippen LogP contribution in [0.15, 0.2) is 97.1 Å². The molecular weight excluding hydrogens is 649 g/mol. The van der Waals surface area contributed by atoms with Crippen LogP contribution >= 0.6 is 0 Å². The van der Waals surface area contributed by atoms with E-state index in [-0.39, 0.29) is 23.1 Å². The molecule has 0 amide bonds. The summed E-state index contributed by atoms with van der Waals surface area (Å²) in [6, 6.07) is 27.8. The fourth-order valence-electron chi connectivity index (χ4n) is 5.93. The van der Waals surface area contributed by atoms with Gasteiger partial charge in [0, 0.05) is 23.3 Å². The minimum absolute atomic E-state index is 0.0329. The smallest absolute Gasteiger partial charge is 0.196 e. The minimum Gasteiger partial charge on any atom is -0.507 e. The second-order valence-corrected chi connectivity index (χ2v) is 13.4. The molecule has 0 aliphatic carbocycles. The number of phenolic OH excluding ortho intramolecular Hbond substituents is 2. The van der Waals surface area contributed by atoms with Crippen molar-refractivity contribution in [1.29, 1.82) is 0 Å². The molecule has 4 aromatic rings. The van der Waals surface area contributed by atoms with Gasteiger partial charge < -0.3 is 19.7 Å². The summed E-state index contributed by atoms with van der Waals surface area (Å²) in [5.41, 5.74) is 1.73. The lowest BCUT2D eigenvalue weighted by Gasteiger charge is -2.09. The summed E-state index contributed by atoms with van der Waals surface area (Å²) in [6.45, 7) is 5.74. The van der Waals surface area contributed by atoms with Gasteiger partial charge in [0.25, 0.3) is 0 Å². The topological polar surface area (TPSA) is 93.1 Å². The first kappa shape index (κ1) is 41.8. The van der Waals surface area contributed by atoms with Crippen molar-refractivity contribution >= 4 is 11.6 Å². The van der Waals surface area contributed by atoms with Gasteiger partial charge in [0.15, 0.2) is 11.6 Å². The first-order valence-electron chi connectivity index (χ1n) is 19.6. The van der Waals surface area contributed by atoms with Gasteiger partial charge >= 0.3 is 0 Å². The SMILES string of the molecule is CCCCCCCCCCCCOc1ccc(C(=O)c2ccccc2)c(O)c1.CCCCCCCCOc1ccc(C(=O)c2ccccc2)c(O)c1. The summed E-state index contributed by atoms with van der Waals surface area (Å²) >= 11 is 0. The predicted octanol–water partition coefficient (Wildman–Crippen LogP) is 12.3. The zero-order chi connectivity index (χ0) is 37.2. The Morgan fingerprint density at radius 1 is 0.442 bits per heavy atom. The summed E-state index contributed by atoms with van der Waals surface area (Å²) in [4.78, 5) is 24.8. The molecule has 0 fully saturated rings. The van der Waals surface area contributed by atoms with Crippen molar-refractivity contribution in [1.82, 2.24) is 0 Å². The van der Waals surface area contributed by atoms with Crippen molar-refractivity contribution < 1.29 is 29.3 Å². The number of hydrogen-bond donors (Lipinski definition) is 2. The van der Waals surface area contributed by atoms with Gasteiger partial charge in [-0.25, -0.2) is 0 Å². The third-order valence-corrected chi connectivity index (χ3v) is 9.03. The lowest BCUT2D eigenvalue weighted by molar-refractivity contribution is 0.102. The summed E-state index contributed by atoms with van der Waals surface area (Å²) in [5.74, 6) is 0.775. The Labute approximate surface area is 312 Å². The molecule has 0 bridgehead atoms. The number of carbonyl (C=O) groups excluding carboxylic acids is 2. The van der Waals surface area contributed by atoms with Crippen LogP contribution in [0.25, 0.3) is 0 Å². The third-order valence-electron chi connectivity index (χ3n) is 9.03. The number of aromatic hydroxyl groups is 2. The van der Waals surface area contributed by atoms with Crippen LogP contribution in [0.2, 0.25) is 0 Å². The van der Waals surface area contributed by atoms with Gasteiger partial charge in [-0.15, -0.1) is 0 Å². The van der Waals surface area contributed by atoms with Crippen molar-refractivity contribution in [3.63, 3.8) is 0 Å². The first-order chi connectivity index (χ1) is 25.4. The highest BCUT2D eigenvalue weighted by molar-refractivity contribution is 6.11. The molecule has 0 saturated heterocycles. The average molecular weight is 709 g/mol. The Balaban J connectivity index is 0.000000284. The number of phenols is 2. The van der Waals surface area contributed by atoms with E-state index in [0.717, 1.165) is 19.3 Å². The van der Waals surface area contributed by atoms with Crippen molar-refractivity contribution in [2.24, 2.45) is 0 Å². The van der Waals surface area contributed by atoms with E-state index in [1.165, 1.54) is 95.6 Å². The molecule has 6 heteroatoms. The molecule has 0 saturated carbocycles. The zero-order valence-corrected chi connectivity index (χ0v) is 31.5. The molecular formula is C46H60O6. The standard InChI is InChI=1S/C25H34O3.C21H26O3/c1-2-3-4-5-6-7-8-9-10-14-19-28-22-17-18-23(24(26)20-22)25(27)21-15-12-11-13-16-21;1-2-3-4-5-6-10-15-24-18-13-14-19(20(22)16-18)21(23)17-11-8-7-9-12-17/h11-13,15-18,20,26H,2-10,14,19H2,1H3;7-9,11-14,16,22H,2-6,10,15H2,1H3. The van der Waals surface area contributed by atoms with Gasteiger partial charge in [-0.3, -0.25) is 9.59 Å². The number of hydrogen-bond acceptors (Lipinski definition) is 6. The van der Waals surface area contributed by atoms with Gasteiger partial charge in [-0.05, 0) is 37.1 Å². The minimum atomic E-state index is -0.185. The Morgan fingerprint density at radius 2 is 0.769 bits per heavy atom. The van der Waals surface area contributed by atoms with Gasteiger partial charge in [0.1, 0.15) is 23.0 Å². The molecule has 6 nitrogen and oxygen atoms in total. The van der Waals surface area contributed by atoms with E-state index < -0.39 is 0 Å². The molecule has 4 aromatic carbocycles. The number of ketones is 2. The van der Waals surface area contributed by atoms with Crippen LogP contribution in [-0.4, -0.2) is 35.0 Å². The molecule has 280 valence electrons. The van der Waals surface area contributed by atoms with E-state index in [9.17, 15) is 19.8 Å². The van der Waals surface area contributed by atoms with Gasteiger partial charge in [-0.2, -0.15) is 0 Å². The van der Waals surface area contributed by atoms with Gasteiger partial charge in [-0.1, -0.05) is 164 Å². The first-order valence-corrected chi connectivity index (χ1v) is 19.6. The van der Waals surface area contributed by atoms with Crippen LogP contribution in [0.5, 0.6) is 23.0 Å². The molecule has 0 atom stereocenters. The van der Waals surface area contributed by atoms with Crippen molar-refractivity contribution in [3.8, 4) is 23.0 Å². The maximum atomic E-state index is 12.4. The van der Waals surface area contributed by atoms with Gasteiger partial charge in [0.2, 0.25) is 0 Å². The maximum Gasteiger partial charge on any atom is 0.196 e. The molecule has 52 heavy (non-hydrogen) atoms. The highest BCUT2D eigenvalue weighted by Gasteiger charge is 2.15. The monoisotopic (exact) mass is 708 g/mol. The largest absolute Gasteiger partial charge is 0.507 e. The number of ether oxygens (including phenoxy) is 2. The summed E-state index contributed by atoms with van der Waals surface area (Å²) in [6.07, 6.45) is 20.2. The quantitative estimate of drug-likeness (QED) is 0.0556. The van der Waals surface area contributed by atoms with E-state index >= 15 is 0 Å². The number of benzene rings is 4. The van der Waals surface area contributed by atoms with Gasteiger partial charge in [0.05, 0.1) is 24.3 Å². The third kappa shape index (κ3) is 15.8. The molecule has 4 rings (SSSR count). The lowest BCUT2D eigenvalue weighted by Crippen LogP contribution is -2.02. The fraction of sp³-hybridized carbons (Fsp3) is 0.435. The number of unbranched alkanes of at least 4 members (excludes halogenated alkanes) is 14. The van der Waals surface area contributed by atoms with Crippen LogP contribution in [-0.2, 0) is 0 Å². The van der Waals surface area contributed by atoms with E-state index in [4.69, 9.17) is 9.47 Å². The second-order valence-electron chi connectivity index (χ2n) is 13.4. The molecule has 0 heterocycles. The molecule has 0 aliphatic rings. The summed E-state index contributed by atoms with van der Waals surface area (Å²) in [7, 11) is 0. The molecule has 2 N–H and O–H groups in total. The molecule has 0 aromatic heterocycles.